The van der Waals surface area contributed by atoms with Crippen molar-refractivity contribution in [3.63, 3.8) is 0 Å². The van der Waals surface area contributed by atoms with E-state index in [1.54, 1.807) is 0 Å². The Morgan fingerprint density at radius 3 is 2.91 bits per heavy atom. The fourth-order valence-electron chi connectivity index (χ4n) is 1.24. The first kappa shape index (κ1) is 9.01. The third kappa shape index (κ3) is 3.73. The predicted octanol–water partition coefficient (Wildman–Crippen LogP) is 1.41. The summed E-state index contributed by atoms with van der Waals surface area (Å²) in [6.45, 7) is 7.58. The van der Waals surface area contributed by atoms with Crippen molar-refractivity contribution in [2.24, 2.45) is 5.92 Å². The normalized spacial score (nSPS) is 24.8. The van der Waals surface area contributed by atoms with Gasteiger partial charge in [-0.2, -0.15) is 0 Å². The highest BCUT2D eigenvalue weighted by atomic mass is 16.5. The molecule has 1 aliphatic heterocycles. The van der Waals surface area contributed by atoms with Crippen LogP contribution in [0.15, 0.2) is 0 Å². The third-order valence-corrected chi connectivity index (χ3v) is 2.06. The lowest BCUT2D eigenvalue weighted by Gasteiger charge is -2.11. The highest BCUT2D eigenvalue weighted by Gasteiger charge is 2.13. The van der Waals surface area contributed by atoms with E-state index in [-0.39, 0.29) is 0 Å². The van der Waals surface area contributed by atoms with Crippen LogP contribution in [0.25, 0.3) is 0 Å². The van der Waals surface area contributed by atoms with Gasteiger partial charge in [0.25, 0.3) is 0 Å². The highest BCUT2D eigenvalue weighted by molar-refractivity contribution is 4.70. The zero-order valence-corrected chi connectivity index (χ0v) is 7.60. The van der Waals surface area contributed by atoms with Crippen LogP contribution in [-0.4, -0.2) is 25.8 Å². The van der Waals surface area contributed by atoms with Crippen molar-refractivity contribution < 1.29 is 4.74 Å². The van der Waals surface area contributed by atoms with E-state index in [0.29, 0.717) is 6.10 Å². The molecular weight excluding hydrogens is 138 g/mol. The number of hydrogen-bond acceptors (Lipinski definition) is 2. The minimum absolute atomic E-state index is 0.494. The largest absolute Gasteiger partial charge is 0.377 e. The molecule has 2 heteroatoms. The van der Waals surface area contributed by atoms with Crippen molar-refractivity contribution >= 4 is 0 Å². The van der Waals surface area contributed by atoms with Crippen molar-refractivity contribution in [2.75, 3.05) is 19.7 Å². The molecule has 1 rings (SSSR count). The summed E-state index contributed by atoms with van der Waals surface area (Å²) in [5.74, 6) is 0.768. The van der Waals surface area contributed by atoms with Gasteiger partial charge in [0.2, 0.25) is 0 Å². The predicted molar refractivity (Wildman–Crippen MR) is 46.7 cm³/mol. The van der Waals surface area contributed by atoms with Crippen LogP contribution in [0.2, 0.25) is 0 Å². The first-order valence-corrected chi connectivity index (χ1v) is 4.61. The molecule has 1 aliphatic rings. The van der Waals surface area contributed by atoms with E-state index in [1.165, 1.54) is 12.8 Å². The van der Waals surface area contributed by atoms with E-state index in [2.05, 4.69) is 19.2 Å². The second-order valence-corrected chi connectivity index (χ2v) is 3.67. The van der Waals surface area contributed by atoms with Crippen LogP contribution in [-0.2, 0) is 4.74 Å². The van der Waals surface area contributed by atoms with E-state index in [4.69, 9.17) is 4.74 Å². The fourth-order valence-corrected chi connectivity index (χ4v) is 1.24. The summed E-state index contributed by atoms with van der Waals surface area (Å²) in [6, 6.07) is 0. The topological polar surface area (TPSA) is 21.3 Å². The Balaban J connectivity index is 1.94. The number of nitrogens with one attached hydrogen (secondary N) is 1. The average Bonchev–Trinajstić information content (AvgIpc) is 2.39. The summed E-state index contributed by atoms with van der Waals surface area (Å²) in [7, 11) is 0. The zero-order chi connectivity index (χ0) is 8.10. The quantitative estimate of drug-likeness (QED) is 0.666. The van der Waals surface area contributed by atoms with Crippen LogP contribution in [0.5, 0.6) is 0 Å². The Hall–Kier alpha value is -0.0800. The van der Waals surface area contributed by atoms with Crippen LogP contribution in [0, 0.1) is 5.92 Å². The molecule has 1 saturated heterocycles. The monoisotopic (exact) mass is 157 g/mol. The Bertz CT molecular complexity index is 97.7. The van der Waals surface area contributed by atoms with Crippen molar-refractivity contribution in [1.82, 2.24) is 5.32 Å². The molecule has 0 bridgehead atoms. The molecule has 1 atom stereocenters. The van der Waals surface area contributed by atoms with Crippen LogP contribution < -0.4 is 5.32 Å². The molecule has 0 aromatic carbocycles. The molecule has 0 aliphatic carbocycles. The maximum Gasteiger partial charge on any atom is 0.0711 e. The standard InChI is InChI=1S/C9H19NO/c1-8(2)4-6-11-9-3-5-10-7-9/h8-10H,3-7H2,1-2H3/t9-/m0/s1. The second-order valence-electron chi connectivity index (χ2n) is 3.67. The molecule has 0 saturated carbocycles. The van der Waals surface area contributed by atoms with Gasteiger partial charge in [-0.15, -0.1) is 0 Å². The van der Waals surface area contributed by atoms with Gasteiger partial charge in [-0.25, -0.2) is 0 Å². The number of rotatable bonds is 4. The van der Waals surface area contributed by atoms with Gasteiger partial charge in [0, 0.05) is 13.2 Å². The molecule has 1 fully saturated rings. The first-order chi connectivity index (χ1) is 5.29. The molecule has 11 heavy (non-hydrogen) atoms. The summed E-state index contributed by atoms with van der Waals surface area (Å²) in [6.07, 6.45) is 2.88. The van der Waals surface area contributed by atoms with Crippen LogP contribution >= 0.6 is 0 Å². The molecule has 0 unspecified atom stereocenters. The van der Waals surface area contributed by atoms with Crippen molar-refractivity contribution in [3.05, 3.63) is 0 Å². The van der Waals surface area contributed by atoms with Gasteiger partial charge in [-0.3, -0.25) is 0 Å². The van der Waals surface area contributed by atoms with E-state index in [9.17, 15) is 0 Å². The Morgan fingerprint density at radius 1 is 1.55 bits per heavy atom. The van der Waals surface area contributed by atoms with Crippen molar-refractivity contribution in [1.29, 1.82) is 0 Å². The first-order valence-electron chi connectivity index (χ1n) is 4.61. The third-order valence-electron chi connectivity index (χ3n) is 2.06. The lowest BCUT2D eigenvalue weighted by atomic mass is 10.1. The van der Waals surface area contributed by atoms with Crippen LogP contribution in [0.3, 0.4) is 0 Å². The SMILES string of the molecule is CC(C)CCO[C@H]1CCNC1. The Morgan fingerprint density at radius 2 is 2.36 bits per heavy atom. The lowest BCUT2D eigenvalue weighted by Crippen LogP contribution is -2.17. The molecule has 1 N–H and O–H groups in total. The van der Waals surface area contributed by atoms with E-state index >= 15 is 0 Å². The van der Waals surface area contributed by atoms with Gasteiger partial charge in [0.1, 0.15) is 0 Å². The molecule has 0 amide bonds. The maximum atomic E-state index is 5.65. The van der Waals surface area contributed by atoms with E-state index in [1.807, 2.05) is 0 Å². The molecule has 0 radical (unpaired) electrons. The Labute approximate surface area is 69.3 Å². The van der Waals surface area contributed by atoms with Crippen molar-refractivity contribution in [2.45, 2.75) is 32.8 Å². The maximum absolute atomic E-state index is 5.65. The molecular formula is C9H19NO. The minimum atomic E-state index is 0.494. The summed E-state index contributed by atoms with van der Waals surface area (Å²) in [4.78, 5) is 0. The van der Waals surface area contributed by atoms with Gasteiger partial charge in [0.15, 0.2) is 0 Å². The van der Waals surface area contributed by atoms with Crippen LogP contribution in [0.1, 0.15) is 26.7 Å². The van der Waals surface area contributed by atoms with Gasteiger partial charge >= 0.3 is 0 Å². The Kier molecular flexibility index (Phi) is 3.87. The van der Waals surface area contributed by atoms with E-state index in [0.717, 1.165) is 25.6 Å². The highest BCUT2D eigenvalue weighted by Crippen LogP contribution is 2.06. The molecule has 0 aromatic heterocycles. The molecule has 0 spiro atoms. The van der Waals surface area contributed by atoms with Crippen LogP contribution in [0.4, 0.5) is 0 Å². The number of hydrogen-bond donors (Lipinski definition) is 1. The van der Waals surface area contributed by atoms with E-state index < -0.39 is 0 Å². The van der Waals surface area contributed by atoms with Crippen molar-refractivity contribution in [3.8, 4) is 0 Å². The average molecular weight is 157 g/mol. The second kappa shape index (κ2) is 4.73. The molecule has 66 valence electrons. The van der Waals surface area contributed by atoms with Gasteiger partial charge < -0.3 is 10.1 Å². The summed E-state index contributed by atoms with van der Waals surface area (Å²) in [5.41, 5.74) is 0. The summed E-state index contributed by atoms with van der Waals surface area (Å²) >= 11 is 0. The summed E-state index contributed by atoms with van der Waals surface area (Å²) < 4.78 is 5.65. The van der Waals surface area contributed by atoms with Gasteiger partial charge in [-0.05, 0) is 25.3 Å². The molecule has 0 aromatic rings. The number of ether oxygens (including phenoxy) is 1. The van der Waals surface area contributed by atoms with Gasteiger partial charge in [-0.1, -0.05) is 13.8 Å². The smallest absolute Gasteiger partial charge is 0.0711 e. The fraction of sp³-hybridized carbons (Fsp3) is 1.00. The molecule has 2 nitrogen and oxygen atoms in total. The lowest BCUT2D eigenvalue weighted by molar-refractivity contribution is 0.0598. The molecule has 1 heterocycles. The summed E-state index contributed by atoms with van der Waals surface area (Å²) in [5, 5.41) is 3.29. The minimum Gasteiger partial charge on any atom is -0.377 e. The zero-order valence-electron chi connectivity index (χ0n) is 7.60. The van der Waals surface area contributed by atoms with Gasteiger partial charge in [0.05, 0.1) is 6.10 Å².